The third-order valence-electron chi connectivity index (χ3n) is 11.1. The molecule has 4 aromatic heterocycles. The lowest BCUT2D eigenvalue weighted by Crippen LogP contribution is -2.54. The topological polar surface area (TPSA) is 182 Å². The minimum absolute atomic E-state index is 0.0807. The number of nitrogens with zero attached hydrogens (tertiary/aromatic N) is 9. The van der Waals surface area contributed by atoms with Crippen LogP contribution in [0.3, 0.4) is 0 Å². The summed E-state index contributed by atoms with van der Waals surface area (Å²) in [4.78, 5) is 67.2. The maximum Gasteiger partial charge on any atom is 0.262 e. The molecule has 16 nitrogen and oxygen atoms in total. The third-order valence-corrected chi connectivity index (χ3v) is 11.1. The van der Waals surface area contributed by atoms with E-state index in [0.29, 0.717) is 17.2 Å². The van der Waals surface area contributed by atoms with Gasteiger partial charge < -0.3 is 15.0 Å². The standard InChI is InChI=1S/C42H35N11O5/c1-24-16-27(3-8-36(24)58-30-12-15-51-37(19-30)44-23-47-51)48-39-32-5-2-25(17-34(32)43-22-45-39)26-20-46-52(21-26)28-10-13-50(14-11-28)29-4-6-31-33(18-29)42(57)53(41(31)56)35-7-9-38(54)49-40(35)55/h2-6,8,12,15-23,28,35H,7,9-11,13-14H2,1H3,(H,43,45,48)(H,49,54,55). The van der Waals surface area contributed by atoms with Crippen molar-refractivity contribution in [3.63, 3.8) is 0 Å². The molecule has 0 saturated carbocycles. The van der Waals surface area contributed by atoms with Gasteiger partial charge in [-0.05, 0) is 91.9 Å². The van der Waals surface area contributed by atoms with E-state index in [2.05, 4.69) is 47.8 Å². The Hall–Kier alpha value is -7.49. The largest absolute Gasteiger partial charge is 0.457 e. The fraction of sp³-hybridized carbons (Fsp3) is 0.214. The first-order valence-electron chi connectivity index (χ1n) is 19.0. The fourth-order valence-corrected chi connectivity index (χ4v) is 8.03. The molecule has 7 heterocycles. The highest BCUT2D eigenvalue weighted by Gasteiger charge is 2.44. The highest BCUT2D eigenvalue weighted by molar-refractivity contribution is 6.23. The van der Waals surface area contributed by atoms with Crippen molar-refractivity contribution in [1.82, 2.24) is 44.6 Å². The highest BCUT2D eigenvalue weighted by Crippen LogP contribution is 2.35. The number of pyridine rings is 1. The molecule has 7 aromatic rings. The summed E-state index contributed by atoms with van der Waals surface area (Å²) in [5.74, 6) is 0.0638. The van der Waals surface area contributed by atoms with Crippen molar-refractivity contribution in [3.05, 3.63) is 115 Å². The number of carbonyl (C=O) groups is 4. The third kappa shape index (κ3) is 6.24. The van der Waals surface area contributed by atoms with Crippen LogP contribution in [0.5, 0.6) is 11.5 Å². The van der Waals surface area contributed by atoms with E-state index in [1.54, 1.807) is 23.0 Å². The fourth-order valence-electron chi connectivity index (χ4n) is 8.03. The number of piperidine rings is 2. The number of rotatable bonds is 8. The van der Waals surface area contributed by atoms with Crippen LogP contribution in [-0.2, 0) is 9.59 Å². The first-order chi connectivity index (χ1) is 28.3. The Bertz CT molecular complexity index is 2820. The number of hydrogen-bond donors (Lipinski definition) is 2. The summed E-state index contributed by atoms with van der Waals surface area (Å²) < 4.78 is 9.85. The molecule has 0 radical (unpaired) electrons. The molecular weight excluding hydrogens is 739 g/mol. The quantitative estimate of drug-likeness (QED) is 0.182. The molecule has 3 aliphatic rings. The van der Waals surface area contributed by atoms with Gasteiger partial charge in [0.1, 0.15) is 36.0 Å². The zero-order valence-corrected chi connectivity index (χ0v) is 31.2. The maximum atomic E-state index is 13.4. The zero-order valence-electron chi connectivity index (χ0n) is 31.2. The van der Waals surface area contributed by atoms with Gasteiger partial charge in [-0.25, -0.2) is 19.5 Å². The summed E-state index contributed by atoms with van der Waals surface area (Å²) in [6.45, 7) is 3.46. The van der Waals surface area contributed by atoms with Crippen molar-refractivity contribution in [3.8, 4) is 22.6 Å². The van der Waals surface area contributed by atoms with Crippen LogP contribution in [0.15, 0.2) is 98.0 Å². The molecule has 0 bridgehead atoms. The van der Waals surface area contributed by atoms with Crippen LogP contribution >= 0.6 is 0 Å². The van der Waals surface area contributed by atoms with Crippen molar-refractivity contribution in [1.29, 1.82) is 0 Å². The first kappa shape index (κ1) is 35.0. The van der Waals surface area contributed by atoms with Crippen LogP contribution in [0.4, 0.5) is 17.2 Å². The molecule has 1 atom stereocenters. The van der Waals surface area contributed by atoms with E-state index in [4.69, 9.17) is 9.84 Å². The number of amides is 4. The van der Waals surface area contributed by atoms with E-state index in [0.717, 1.165) is 75.5 Å². The minimum atomic E-state index is -0.990. The minimum Gasteiger partial charge on any atom is -0.457 e. The number of anilines is 3. The molecule has 58 heavy (non-hydrogen) atoms. The molecule has 4 amide bonds. The lowest BCUT2D eigenvalue weighted by molar-refractivity contribution is -0.136. The summed E-state index contributed by atoms with van der Waals surface area (Å²) in [5.41, 5.74) is 6.69. The molecule has 2 fully saturated rings. The number of ether oxygens (including phenoxy) is 1. The van der Waals surface area contributed by atoms with Crippen LogP contribution in [0.2, 0.25) is 0 Å². The molecule has 3 aliphatic heterocycles. The number of fused-ring (bicyclic) bond motifs is 3. The Morgan fingerprint density at radius 3 is 2.52 bits per heavy atom. The number of hydrogen-bond acceptors (Lipinski definition) is 12. The number of aromatic nitrogens is 7. The van der Waals surface area contributed by atoms with Gasteiger partial charge in [-0.2, -0.15) is 10.2 Å². The number of benzene rings is 3. The molecule has 288 valence electrons. The lowest BCUT2D eigenvalue weighted by atomic mass is 10.0. The van der Waals surface area contributed by atoms with Crippen molar-refractivity contribution in [2.45, 2.75) is 44.7 Å². The Kier molecular flexibility index (Phi) is 8.39. The van der Waals surface area contributed by atoms with Gasteiger partial charge in [0.15, 0.2) is 5.65 Å². The monoisotopic (exact) mass is 773 g/mol. The second-order valence-electron chi connectivity index (χ2n) is 14.7. The van der Waals surface area contributed by atoms with E-state index in [-0.39, 0.29) is 30.0 Å². The number of aryl methyl sites for hydroxylation is 1. The highest BCUT2D eigenvalue weighted by atomic mass is 16.5. The van der Waals surface area contributed by atoms with Crippen LogP contribution in [0, 0.1) is 6.92 Å². The van der Waals surface area contributed by atoms with E-state index in [1.807, 2.05) is 72.5 Å². The second-order valence-corrected chi connectivity index (χ2v) is 14.7. The molecule has 16 heteroatoms. The molecule has 10 rings (SSSR count). The predicted octanol–water partition coefficient (Wildman–Crippen LogP) is 5.62. The molecule has 0 aliphatic carbocycles. The summed E-state index contributed by atoms with van der Waals surface area (Å²) in [6, 6.07) is 20.1. The Labute approximate surface area is 330 Å². The Morgan fingerprint density at radius 2 is 1.67 bits per heavy atom. The average molecular weight is 774 g/mol. The first-order valence-corrected chi connectivity index (χ1v) is 19.0. The van der Waals surface area contributed by atoms with Gasteiger partial charge in [-0.3, -0.25) is 34.1 Å². The van der Waals surface area contributed by atoms with Gasteiger partial charge in [-0.15, -0.1) is 0 Å². The van der Waals surface area contributed by atoms with Gasteiger partial charge in [-0.1, -0.05) is 6.07 Å². The van der Waals surface area contributed by atoms with Crippen LogP contribution in [0.25, 0.3) is 27.7 Å². The normalized spacial score (nSPS) is 17.3. The van der Waals surface area contributed by atoms with E-state index < -0.39 is 29.7 Å². The Balaban J connectivity index is 0.789. The van der Waals surface area contributed by atoms with Gasteiger partial charge in [0, 0.05) is 60.3 Å². The predicted molar refractivity (Wildman–Crippen MR) is 212 cm³/mol. The molecular formula is C42H35N11O5. The summed E-state index contributed by atoms with van der Waals surface area (Å²) in [7, 11) is 0. The number of carbonyl (C=O) groups excluding carboxylic acids is 4. The Morgan fingerprint density at radius 1 is 0.810 bits per heavy atom. The van der Waals surface area contributed by atoms with Crippen molar-refractivity contribution in [2.24, 2.45) is 0 Å². The summed E-state index contributed by atoms with van der Waals surface area (Å²) >= 11 is 0. The van der Waals surface area contributed by atoms with Crippen molar-refractivity contribution >= 4 is 57.4 Å². The number of nitrogens with one attached hydrogen (secondary N) is 2. The van der Waals surface area contributed by atoms with Crippen molar-refractivity contribution < 1.29 is 23.9 Å². The molecule has 1 unspecified atom stereocenters. The molecule has 2 N–H and O–H groups in total. The van der Waals surface area contributed by atoms with E-state index >= 15 is 0 Å². The molecule has 3 aromatic carbocycles. The van der Waals surface area contributed by atoms with Crippen LogP contribution < -0.4 is 20.3 Å². The zero-order chi connectivity index (χ0) is 39.5. The smallest absolute Gasteiger partial charge is 0.262 e. The second kappa shape index (κ2) is 13.9. The molecule has 2 saturated heterocycles. The SMILES string of the molecule is Cc1cc(Nc2ncnc3cc(-c4cnn(C5CCN(c6ccc7c(c6)C(=O)N(C6CCC(=O)NC6=O)C7=O)CC5)c4)ccc23)ccc1Oc1ccn2ncnc2c1. The van der Waals surface area contributed by atoms with Crippen LogP contribution in [-0.4, -0.2) is 82.0 Å². The maximum absolute atomic E-state index is 13.4. The lowest BCUT2D eigenvalue weighted by Gasteiger charge is -2.33. The average Bonchev–Trinajstić information content (AvgIpc) is 3.98. The van der Waals surface area contributed by atoms with Gasteiger partial charge in [0.25, 0.3) is 11.8 Å². The van der Waals surface area contributed by atoms with Crippen LogP contribution in [0.1, 0.15) is 58.0 Å². The summed E-state index contributed by atoms with van der Waals surface area (Å²) in [5, 5.41) is 15.4. The van der Waals surface area contributed by atoms with Gasteiger partial charge >= 0.3 is 0 Å². The van der Waals surface area contributed by atoms with Gasteiger partial charge in [0.2, 0.25) is 11.8 Å². The van der Waals surface area contributed by atoms with E-state index in [1.165, 1.54) is 6.33 Å². The van der Waals surface area contributed by atoms with Crippen molar-refractivity contribution in [2.75, 3.05) is 23.3 Å². The van der Waals surface area contributed by atoms with Gasteiger partial charge in [0.05, 0.1) is 28.9 Å². The number of imide groups is 2. The van der Waals surface area contributed by atoms with E-state index in [9.17, 15) is 19.2 Å². The summed E-state index contributed by atoms with van der Waals surface area (Å²) in [6.07, 6.45) is 10.7. The molecule has 0 spiro atoms.